The van der Waals surface area contributed by atoms with E-state index < -0.39 is 0 Å². The van der Waals surface area contributed by atoms with Crippen molar-refractivity contribution in [3.8, 4) is 34.5 Å². The second-order valence-corrected chi connectivity index (χ2v) is 5.56. The third-order valence-electron chi connectivity index (χ3n) is 3.32. The third kappa shape index (κ3) is 2.61. The largest absolute Gasteiger partial charge is 0.480 e. The smallest absolute Gasteiger partial charge is 0.232 e. The summed E-state index contributed by atoms with van der Waals surface area (Å²) in [6.45, 7) is 0. The molecule has 2 heterocycles. The Morgan fingerprint density at radius 2 is 2.00 bits per heavy atom. The Balaban J connectivity index is 2.23. The number of benzene rings is 1. The molecule has 0 aliphatic heterocycles. The van der Waals surface area contributed by atoms with Crippen molar-refractivity contribution in [3.63, 3.8) is 0 Å². The molecule has 0 saturated carbocycles. The van der Waals surface area contributed by atoms with Crippen LogP contribution in [0.15, 0.2) is 53.1 Å². The predicted octanol–water partition coefficient (Wildman–Crippen LogP) is 4.39. The average Bonchev–Trinajstić information content (AvgIpc) is 3.08. The quantitative estimate of drug-likeness (QED) is 0.759. The number of aromatic amines is 1. The van der Waals surface area contributed by atoms with Crippen molar-refractivity contribution in [3.05, 3.63) is 58.7 Å². The molecule has 0 atom stereocenters. The SMILES string of the molecule is COc1nc(-c2ccc(Br)cc2)cc(-c2ccc[nH]2)c1C#N. The molecule has 0 fully saturated rings. The third-order valence-corrected chi connectivity index (χ3v) is 3.85. The Kier molecular flexibility index (Phi) is 3.94. The Morgan fingerprint density at radius 1 is 1.23 bits per heavy atom. The minimum Gasteiger partial charge on any atom is -0.480 e. The first-order valence-electron chi connectivity index (χ1n) is 6.61. The zero-order valence-corrected chi connectivity index (χ0v) is 13.4. The summed E-state index contributed by atoms with van der Waals surface area (Å²) in [5.74, 6) is 0.326. The van der Waals surface area contributed by atoms with Gasteiger partial charge in [0.25, 0.3) is 0 Å². The van der Waals surface area contributed by atoms with E-state index in [4.69, 9.17) is 4.74 Å². The van der Waals surface area contributed by atoms with Gasteiger partial charge < -0.3 is 9.72 Å². The molecule has 2 aromatic heterocycles. The van der Waals surface area contributed by atoms with Gasteiger partial charge in [0.1, 0.15) is 11.6 Å². The highest BCUT2D eigenvalue weighted by Crippen LogP contribution is 2.32. The fraction of sp³-hybridized carbons (Fsp3) is 0.0588. The highest BCUT2D eigenvalue weighted by atomic mass is 79.9. The van der Waals surface area contributed by atoms with Crippen LogP contribution in [0.4, 0.5) is 0 Å². The molecule has 0 aliphatic carbocycles. The van der Waals surface area contributed by atoms with E-state index in [1.165, 1.54) is 7.11 Å². The average molecular weight is 354 g/mol. The van der Waals surface area contributed by atoms with Crippen LogP contribution in [0.5, 0.6) is 5.88 Å². The van der Waals surface area contributed by atoms with Crippen molar-refractivity contribution >= 4 is 15.9 Å². The van der Waals surface area contributed by atoms with Gasteiger partial charge in [0.2, 0.25) is 5.88 Å². The molecule has 3 rings (SSSR count). The fourth-order valence-corrected chi connectivity index (χ4v) is 2.52. The van der Waals surface area contributed by atoms with E-state index in [0.717, 1.165) is 27.0 Å². The van der Waals surface area contributed by atoms with E-state index in [-0.39, 0.29) is 0 Å². The number of nitrogens with one attached hydrogen (secondary N) is 1. The van der Waals surface area contributed by atoms with E-state index >= 15 is 0 Å². The van der Waals surface area contributed by atoms with Gasteiger partial charge in [-0.2, -0.15) is 5.26 Å². The molecule has 1 N–H and O–H groups in total. The maximum atomic E-state index is 9.44. The summed E-state index contributed by atoms with van der Waals surface area (Å²) in [5.41, 5.74) is 3.77. The topological polar surface area (TPSA) is 61.7 Å². The van der Waals surface area contributed by atoms with E-state index in [9.17, 15) is 5.26 Å². The maximum Gasteiger partial charge on any atom is 0.232 e. The number of hydrogen-bond donors (Lipinski definition) is 1. The number of ether oxygens (including phenoxy) is 1. The first-order chi connectivity index (χ1) is 10.7. The number of halogens is 1. The molecular weight excluding hydrogens is 342 g/mol. The Morgan fingerprint density at radius 3 is 2.59 bits per heavy atom. The summed E-state index contributed by atoms with van der Waals surface area (Å²) in [5, 5.41) is 9.44. The van der Waals surface area contributed by atoms with Gasteiger partial charge in [0.05, 0.1) is 12.8 Å². The van der Waals surface area contributed by atoms with Gasteiger partial charge in [-0.3, -0.25) is 0 Å². The van der Waals surface area contributed by atoms with Gasteiger partial charge in [-0.25, -0.2) is 4.98 Å². The Bertz CT molecular complexity index is 834. The summed E-state index contributed by atoms with van der Waals surface area (Å²) in [4.78, 5) is 7.58. The van der Waals surface area contributed by atoms with Gasteiger partial charge in [0, 0.05) is 27.5 Å². The number of methoxy groups -OCH3 is 1. The van der Waals surface area contributed by atoms with Crippen LogP contribution in [0.25, 0.3) is 22.5 Å². The maximum absolute atomic E-state index is 9.44. The van der Waals surface area contributed by atoms with E-state index in [1.807, 2.05) is 48.7 Å². The van der Waals surface area contributed by atoms with Crippen molar-refractivity contribution in [1.82, 2.24) is 9.97 Å². The zero-order chi connectivity index (χ0) is 15.5. The normalized spacial score (nSPS) is 10.2. The Labute approximate surface area is 136 Å². The number of nitrogens with zero attached hydrogens (tertiary/aromatic N) is 2. The molecule has 0 spiro atoms. The van der Waals surface area contributed by atoms with Crippen molar-refractivity contribution in [2.24, 2.45) is 0 Å². The molecule has 108 valence electrons. The molecule has 0 bridgehead atoms. The predicted molar refractivity (Wildman–Crippen MR) is 88.4 cm³/mol. The van der Waals surface area contributed by atoms with Crippen molar-refractivity contribution in [1.29, 1.82) is 5.26 Å². The first kappa shape index (κ1) is 14.4. The second-order valence-electron chi connectivity index (χ2n) is 4.64. The van der Waals surface area contributed by atoms with E-state index in [2.05, 4.69) is 32.0 Å². The molecule has 0 aliphatic rings. The number of H-pyrrole nitrogens is 1. The number of nitriles is 1. The van der Waals surface area contributed by atoms with Crippen LogP contribution in [-0.4, -0.2) is 17.1 Å². The zero-order valence-electron chi connectivity index (χ0n) is 11.8. The standard InChI is InChI=1S/C17H12BrN3O/c1-22-17-14(10-19)13(15-3-2-8-20-15)9-16(21-17)11-4-6-12(18)7-5-11/h2-9,20H,1H3. The summed E-state index contributed by atoms with van der Waals surface area (Å²) in [7, 11) is 1.52. The number of aromatic nitrogens is 2. The minimum atomic E-state index is 0.326. The number of rotatable bonds is 3. The van der Waals surface area contributed by atoms with E-state index in [1.54, 1.807) is 0 Å². The van der Waals surface area contributed by atoms with Crippen LogP contribution in [0.2, 0.25) is 0 Å². The number of hydrogen-bond acceptors (Lipinski definition) is 3. The van der Waals surface area contributed by atoms with Gasteiger partial charge in [-0.05, 0) is 30.3 Å². The lowest BCUT2D eigenvalue weighted by molar-refractivity contribution is 0.397. The molecule has 4 nitrogen and oxygen atoms in total. The lowest BCUT2D eigenvalue weighted by atomic mass is 10.0. The molecule has 0 radical (unpaired) electrons. The highest BCUT2D eigenvalue weighted by Gasteiger charge is 2.16. The van der Waals surface area contributed by atoms with Crippen molar-refractivity contribution < 1.29 is 4.74 Å². The van der Waals surface area contributed by atoms with Crippen LogP contribution in [0, 0.1) is 11.3 Å². The summed E-state index contributed by atoms with van der Waals surface area (Å²) in [6, 6.07) is 15.7. The van der Waals surface area contributed by atoms with Crippen molar-refractivity contribution in [2.75, 3.05) is 7.11 Å². The summed E-state index contributed by atoms with van der Waals surface area (Å²) >= 11 is 3.42. The fourth-order valence-electron chi connectivity index (χ4n) is 2.26. The van der Waals surface area contributed by atoms with Crippen LogP contribution < -0.4 is 4.74 Å². The van der Waals surface area contributed by atoms with E-state index in [0.29, 0.717) is 11.4 Å². The van der Waals surface area contributed by atoms with Crippen LogP contribution >= 0.6 is 15.9 Å². The lowest BCUT2D eigenvalue weighted by Gasteiger charge is -2.10. The molecular formula is C17H12BrN3O. The summed E-state index contributed by atoms with van der Waals surface area (Å²) in [6.07, 6.45) is 1.82. The first-order valence-corrected chi connectivity index (χ1v) is 7.41. The molecule has 0 amide bonds. The Hall–Kier alpha value is -2.58. The van der Waals surface area contributed by atoms with Crippen molar-refractivity contribution in [2.45, 2.75) is 0 Å². The second kappa shape index (κ2) is 6.04. The molecule has 1 aromatic carbocycles. The molecule has 22 heavy (non-hydrogen) atoms. The van der Waals surface area contributed by atoms with Gasteiger partial charge in [-0.1, -0.05) is 28.1 Å². The van der Waals surface area contributed by atoms with Crippen LogP contribution in [0.3, 0.4) is 0 Å². The monoisotopic (exact) mass is 353 g/mol. The lowest BCUT2D eigenvalue weighted by Crippen LogP contribution is -1.97. The van der Waals surface area contributed by atoms with Crippen LogP contribution in [0.1, 0.15) is 5.56 Å². The molecule has 0 unspecified atom stereocenters. The minimum absolute atomic E-state index is 0.326. The van der Waals surface area contributed by atoms with Gasteiger partial charge in [0.15, 0.2) is 0 Å². The molecule has 0 saturated heterocycles. The number of pyridine rings is 1. The summed E-state index contributed by atoms with van der Waals surface area (Å²) < 4.78 is 6.31. The highest BCUT2D eigenvalue weighted by molar-refractivity contribution is 9.10. The van der Waals surface area contributed by atoms with Gasteiger partial charge in [-0.15, -0.1) is 0 Å². The van der Waals surface area contributed by atoms with Gasteiger partial charge >= 0.3 is 0 Å². The van der Waals surface area contributed by atoms with Crippen LogP contribution in [-0.2, 0) is 0 Å². The molecule has 5 heteroatoms. The molecule has 3 aromatic rings.